The number of carbonyl (C=O) groups is 2. The zero-order valence-electron chi connectivity index (χ0n) is 17.8. The Bertz CT molecular complexity index is 720. The van der Waals surface area contributed by atoms with E-state index in [0.717, 1.165) is 5.56 Å². The number of rotatable bonds is 6. The van der Waals surface area contributed by atoms with E-state index in [1.807, 2.05) is 65.8 Å². The zero-order chi connectivity index (χ0) is 21.2. The SMILES string of the molecule is COc1ccccc1CN1C(=O)N(C(C)C)[C@H](N(O)C(=O)NC(C)C)C1(C)C. The lowest BCUT2D eigenvalue weighted by atomic mass is 9.98. The van der Waals surface area contributed by atoms with E-state index >= 15 is 0 Å². The molecule has 1 aliphatic rings. The number of para-hydroxylation sites is 1. The Hall–Kier alpha value is -2.48. The lowest BCUT2D eigenvalue weighted by Crippen LogP contribution is -2.60. The third-order valence-corrected chi connectivity index (χ3v) is 4.97. The van der Waals surface area contributed by atoms with Gasteiger partial charge in [0, 0.05) is 17.6 Å². The minimum Gasteiger partial charge on any atom is -0.496 e. The largest absolute Gasteiger partial charge is 0.496 e. The van der Waals surface area contributed by atoms with E-state index in [9.17, 15) is 14.8 Å². The summed E-state index contributed by atoms with van der Waals surface area (Å²) in [5, 5.41) is 14.0. The third kappa shape index (κ3) is 4.01. The molecule has 156 valence electrons. The molecule has 8 nitrogen and oxygen atoms in total. The maximum absolute atomic E-state index is 13.3. The van der Waals surface area contributed by atoms with Crippen LogP contribution in [0.2, 0.25) is 0 Å². The van der Waals surface area contributed by atoms with Gasteiger partial charge in [-0.1, -0.05) is 18.2 Å². The van der Waals surface area contributed by atoms with Gasteiger partial charge in [0.15, 0.2) is 6.17 Å². The highest BCUT2D eigenvalue weighted by atomic mass is 16.5. The fraction of sp³-hybridized carbons (Fsp3) is 0.600. The molecule has 0 spiro atoms. The second-order valence-electron chi connectivity index (χ2n) is 8.16. The molecule has 1 aliphatic heterocycles. The van der Waals surface area contributed by atoms with Gasteiger partial charge in [-0.15, -0.1) is 0 Å². The summed E-state index contributed by atoms with van der Waals surface area (Å²) in [6.45, 7) is 11.3. The highest BCUT2D eigenvalue weighted by Gasteiger charge is 2.56. The molecule has 1 aromatic carbocycles. The minimum atomic E-state index is -0.842. The summed E-state index contributed by atoms with van der Waals surface area (Å²) in [5.74, 6) is 0.684. The Labute approximate surface area is 167 Å². The van der Waals surface area contributed by atoms with Gasteiger partial charge in [0.1, 0.15) is 5.75 Å². The number of hydrogen-bond donors (Lipinski definition) is 2. The molecule has 0 bridgehead atoms. The summed E-state index contributed by atoms with van der Waals surface area (Å²) in [4.78, 5) is 28.9. The first-order chi connectivity index (χ1) is 13.0. The zero-order valence-corrected chi connectivity index (χ0v) is 17.8. The van der Waals surface area contributed by atoms with Crippen LogP contribution in [-0.4, -0.2) is 63.0 Å². The summed E-state index contributed by atoms with van der Waals surface area (Å²) in [6.07, 6.45) is -0.839. The standard InChI is InChI=1S/C20H32N4O4/c1-13(2)21-18(25)24(27)17-20(5,6)22(19(26)23(17)14(3)4)12-15-10-8-9-11-16(15)28-7/h8-11,13-14,17,27H,12H2,1-7H3,(H,21,25)/t17-/m1/s1. The van der Waals surface area contributed by atoms with Crippen LogP contribution in [0.15, 0.2) is 24.3 Å². The van der Waals surface area contributed by atoms with Crippen LogP contribution in [0, 0.1) is 0 Å². The first-order valence-electron chi connectivity index (χ1n) is 9.52. The average Bonchev–Trinajstić information content (AvgIpc) is 2.81. The summed E-state index contributed by atoms with van der Waals surface area (Å²) in [6, 6.07) is 6.27. The molecular weight excluding hydrogens is 360 g/mol. The van der Waals surface area contributed by atoms with Gasteiger partial charge < -0.3 is 15.0 Å². The monoisotopic (exact) mass is 392 g/mol. The lowest BCUT2D eigenvalue weighted by Gasteiger charge is -2.39. The third-order valence-electron chi connectivity index (χ3n) is 4.97. The second-order valence-corrected chi connectivity index (χ2v) is 8.16. The molecule has 1 atom stereocenters. The first-order valence-corrected chi connectivity index (χ1v) is 9.52. The molecule has 1 heterocycles. The minimum absolute atomic E-state index is 0.139. The molecule has 1 fully saturated rings. The van der Waals surface area contributed by atoms with Crippen molar-refractivity contribution in [2.75, 3.05) is 7.11 Å². The molecule has 0 aliphatic carbocycles. The first kappa shape index (κ1) is 21.8. The van der Waals surface area contributed by atoms with E-state index in [1.165, 1.54) is 4.90 Å². The molecule has 8 heteroatoms. The topological polar surface area (TPSA) is 85.3 Å². The smallest absolute Gasteiger partial charge is 0.343 e. The Kier molecular flexibility index (Phi) is 6.44. The number of urea groups is 2. The van der Waals surface area contributed by atoms with Gasteiger partial charge in [-0.25, -0.2) is 9.59 Å². The maximum atomic E-state index is 13.3. The molecule has 1 saturated heterocycles. The van der Waals surface area contributed by atoms with Gasteiger partial charge in [0.25, 0.3) is 0 Å². The van der Waals surface area contributed by atoms with Crippen LogP contribution in [0.4, 0.5) is 9.59 Å². The lowest BCUT2D eigenvalue weighted by molar-refractivity contribution is -0.138. The van der Waals surface area contributed by atoms with E-state index in [4.69, 9.17) is 4.74 Å². The number of methoxy groups -OCH3 is 1. The maximum Gasteiger partial charge on any atom is 0.343 e. The van der Waals surface area contributed by atoms with Crippen molar-refractivity contribution >= 4 is 12.1 Å². The summed E-state index contributed by atoms with van der Waals surface area (Å²) in [7, 11) is 1.59. The van der Waals surface area contributed by atoms with Crippen LogP contribution >= 0.6 is 0 Å². The van der Waals surface area contributed by atoms with Gasteiger partial charge in [0.05, 0.1) is 19.2 Å². The number of carbonyl (C=O) groups excluding carboxylic acids is 2. The number of benzene rings is 1. The van der Waals surface area contributed by atoms with E-state index < -0.39 is 17.7 Å². The normalized spacial score (nSPS) is 18.8. The molecule has 28 heavy (non-hydrogen) atoms. The molecule has 2 N–H and O–H groups in total. The van der Waals surface area contributed by atoms with Crippen molar-refractivity contribution < 1.29 is 19.5 Å². The molecule has 4 amide bonds. The van der Waals surface area contributed by atoms with Crippen LogP contribution in [-0.2, 0) is 6.54 Å². The molecule has 2 rings (SSSR count). The number of hydrogen-bond acceptors (Lipinski definition) is 4. The quantitative estimate of drug-likeness (QED) is 0.575. The van der Waals surface area contributed by atoms with E-state index in [2.05, 4.69) is 5.32 Å². The summed E-state index contributed by atoms with van der Waals surface area (Å²) >= 11 is 0. The van der Waals surface area contributed by atoms with Crippen LogP contribution in [0.1, 0.15) is 47.1 Å². The Balaban J connectivity index is 2.41. The molecule has 0 radical (unpaired) electrons. The number of nitrogens with zero attached hydrogens (tertiary/aromatic N) is 3. The fourth-order valence-corrected chi connectivity index (χ4v) is 3.59. The molecule has 0 saturated carbocycles. The van der Waals surface area contributed by atoms with Crippen molar-refractivity contribution in [3.63, 3.8) is 0 Å². The predicted octanol–water partition coefficient (Wildman–Crippen LogP) is 3.26. The Morgan fingerprint density at radius 2 is 1.89 bits per heavy atom. The van der Waals surface area contributed by atoms with Gasteiger partial charge in [-0.05, 0) is 47.6 Å². The van der Waals surface area contributed by atoms with Crippen molar-refractivity contribution in [2.45, 2.75) is 71.9 Å². The van der Waals surface area contributed by atoms with Gasteiger partial charge in [-0.3, -0.25) is 10.1 Å². The van der Waals surface area contributed by atoms with Crippen molar-refractivity contribution in [3.05, 3.63) is 29.8 Å². The number of hydroxylamine groups is 2. The highest BCUT2D eigenvalue weighted by Crippen LogP contribution is 2.37. The van der Waals surface area contributed by atoms with Crippen molar-refractivity contribution in [1.82, 2.24) is 20.2 Å². The fourth-order valence-electron chi connectivity index (χ4n) is 3.59. The van der Waals surface area contributed by atoms with Crippen LogP contribution in [0.3, 0.4) is 0 Å². The van der Waals surface area contributed by atoms with E-state index in [1.54, 1.807) is 12.0 Å². The summed E-state index contributed by atoms with van der Waals surface area (Å²) in [5.41, 5.74) is 0.0116. The van der Waals surface area contributed by atoms with Gasteiger partial charge >= 0.3 is 12.1 Å². The predicted molar refractivity (Wildman–Crippen MR) is 106 cm³/mol. The van der Waals surface area contributed by atoms with Crippen LogP contribution in [0.5, 0.6) is 5.75 Å². The number of nitrogens with one attached hydrogen (secondary N) is 1. The Morgan fingerprint density at radius 3 is 2.43 bits per heavy atom. The molecule has 0 unspecified atom stereocenters. The Morgan fingerprint density at radius 1 is 1.29 bits per heavy atom. The van der Waals surface area contributed by atoms with E-state index in [0.29, 0.717) is 17.4 Å². The summed E-state index contributed by atoms with van der Waals surface area (Å²) < 4.78 is 5.41. The van der Waals surface area contributed by atoms with Crippen LogP contribution < -0.4 is 10.1 Å². The van der Waals surface area contributed by atoms with Crippen LogP contribution in [0.25, 0.3) is 0 Å². The molecular formula is C20H32N4O4. The van der Waals surface area contributed by atoms with Gasteiger partial charge in [0.2, 0.25) is 0 Å². The molecule has 1 aromatic rings. The second kappa shape index (κ2) is 8.26. The van der Waals surface area contributed by atoms with Crippen molar-refractivity contribution in [3.8, 4) is 5.75 Å². The van der Waals surface area contributed by atoms with Crippen molar-refractivity contribution in [1.29, 1.82) is 0 Å². The van der Waals surface area contributed by atoms with E-state index in [-0.39, 0.29) is 18.1 Å². The number of amides is 4. The molecule has 0 aromatic heterocycles. The average molecular weight is 393 g/mol. The number of ether oxygens (including phenoxy) is 1. The highest BCUT2D eigenvalue weighted by molar-refractivity contribution is 5.81. The van der Waals surface area contributed by atoms with Gasteiger partial charge in [-0.2, -0.15) is 5.06 Å². The van der Waals surface area contributed by atoms with Crippen molar-refractivity contribution in [2.24, 2.45) is 0 Å².